The van der Waals surface area contributed by atoms with Gasteiger partial charge in [0, 0.05) is 0 Å². The van der Waals surface area contributed by atoms with Gasteiger partial charge in [-0.05, 0) is 5.41 Å². The third kappa shape index (κ3) is 40.3. The summed E-state index contributed by atoms with van der Waals surface area (Å²) in [5.41, 5.74) is 0.583. The van der Waals surface area contributed by atoms with E-state index in [9.17, 15) is 0 Å². The van der Waals surface area contributed by atoms with Crippen LogP contribution in [0.3, 0.4) is 0 Å². The monoisotopic (exact) mass is 212 g/mol. The van der Waals surface area contributed by atoms with E-state index in [1.54, 1.807) is 0 Å². The molecule has 0 nitrogen and oxygen atoms in total. The van der Waals surface area contributed by atoms with Crippen LogP contribution in [0.2, 0.25) is 0 Å². The molecule has 0 aromatic rings. The first-order chi connectivity index (χ1) is 3.12. The Kier molecular flexibility index (Phi) is 137. The lowest BCUT2D eigenvalue weighted by atomic mass is 9.88. The van der Waals surface area contributed by atoms with Gasteiger partial charge in [-0.1, -0.05) is 92.5 Å². The minimum absolute atomic E-state index is 0. The van der Waals surface area contributed by atoms with Gasteiger partial charge in [-0.2, -0.15) is 0 Å². The Bertz CT molecular complexity index is 38.0. The van der Waals surface area contributed by atoms with Crippen LogP contribution in [0.1, 0.15) is 92.5 Å². The van der Waals surface area contributed by atoms with Crippen LogP contribution >= 0.6 is 0 Å². The summed E-state index contributed by atoms with van der Waals surface area (Å²) in [6, 6.07) is 0. The smallest absolute Gasteiger partial charge is 0.0359 e. The van der Waals surface area contributed by atoms with Crippen molar-refractivity contribution in [1.29, 1.82) is 0 Å². The summed E-state index contributed by atoms with van der Waals surface area (Å²) in [7, 11) is 0. The average molecular weight is 213 g/mol. The zero-order chi connectivity index (χ0) is 5.91. The first-order valence-electron chi connectivity index (χ1n) is 3.12. The highest BCUT2D eigenvalue weighted by molar-refractivity contribution is 4.61. The molecule has 0 aromatic heterocycles. The summed E-state index contributed by atoms with van der Waals surface area (Å²) in [6.45, 7) is 9.08. The zero-order valence-electron chi connectivity index (χ0n) is 5.91. The average Bonchev–Trinajstić information content (AvgIpc) is 1.68. The molecule has 0 radical (unpaired) electrons. The van der Waals surface area contributed by atoms with Crippen LogP contribution in [0.15, 0.2) is 0 Å². The first-order valence-corrected chi connectivity index (χ1v) is 3.12. The van der Waals surface area contributed by atoms with Gasteiger partial charge in [-0.25, -0.2) is 0 Å². The molecule has 0 amide bonds. The quantitative estimate of drug-likeness (QED) is 0.451. The van der Waals surface area contributed by atoms with E-state index in [2.05, 4.69) is 27.7 Å². The van der Waals surface area contributed by atoms with Crippen LogP contribution in [0.5, 0.6) is 0 Å². The van der Waals surface area contributed by atoms with Crippen LogP contribution in [0.25, 0.3) is 0 Å². The van der Waals surface area contributed by atoms with Crippen molar-refractivity contribution in [2.75, 3.05) is 0 Å². The van der Waals surface area contributed by atoms with Crippen LogP contribution in [-0.2, 0) is 0 Å². The Morgan fingerprint density at radius 2 is 0.714 bits per heavy atom. The van der Waals surface area contributed by atoms with Gasteiger partial charge in [-0.3, -0.25) is 0 Å². The second-order valence-corrected chi connectivity index (χ2v) is 2.87. The van der Waals surface area contributed by atoms with Gasteiger partial charge in [0.2, 0.25) is 0 Å². The third-order valence-corrected chi connectivity index (χ3v) is 1.91. The maximum atomic E-state index is 2.30. The molecule has 0 aliphatic heterocycles. The predicted octanol–water partition coefficient (Wildman–Crippen LogP) is 7.29. The Morgan fingerprint density at radius 3 is 0.714 bits per heavy atom. The van der Waals surface area contributed by atoms with Crippen LogP contribution in [-0.4, -0.2) is 0 Å². The molecular formula is C14H44. The molecular weight excluding hydrogens is 168 g/mol. The van der Waals surface area contributed by atoms with Crippen molar-refractivity contribution in [1.82, 2.24) is 0 Å². The van der Waals surface area contributed by atoms with E-state index in [4.69, 9.17) is 0 Å². The van der Waals surface area contributed by atoms with Crippen molar-refractivity contribution in [3.8, 4) is 0 Å². The van der Waals surface area contributed by atoms with Crippen molar-refractivity contribution in [3.63, 3.8) is 0 Å². The highest BCUT2D eigenvalue weighted by Crippen LogP contribution is 2.22. The molecule has 0 aliphatic rings. The minimum atomic E-state index is 0. The van der Waals surface area contributed by atoms with Gasteiger partial charge in [0.05, 0.1) is 0 Å². The Morgan fingerprint density at radius 1 is 0.571 bits per heavy atom. The van der Waals surface area contributed by atoms with Crippen LogP contribution in [0, 0.1) is 5.41 Å². The summed E-state index contributed by atoms with van der Waals surface area (Å²) in [4.78, 5) is 0. The van der Waals surface area contributed by atoms with E-state index in [-0.39, 0.29) is 52.0 Å². The fourth-order valence-corrected chi connectivity index (χ4v) is 0.250. The summed E-state index contributed by atoms with van der Waals surface area (Å²) in [5, 5.41) is 0. The zero-order valence-corrected chi connectivity index (χ0v) is 5.91. The molecule has 0 unspecified atom stereocenters. The van der Waals surface area contributed by atoms with Gasteiger partial charge in [-0.15, -0.1) is 0 Å². The van der Waals surface area contributed by atoms with E-state index >= 15 is 0 Å². The molecule has 0 aliphatic carbocycles. The van der Waals surface area contributed by atoms with Gasteiger partial charge >= 0.3 is 0 Å². The summed E-state index contributed by atoms with van der Waals surface area (Å²) in [5.74, 6) is 0. The molecule has 14 heavy (non-hydrogen) atoms. The van der Waals surface area contributed by atoms with Crippen molar-refractivity contribution in [2.45, 2.75) is 92.5 Å². The number of hydrogen-bond donors (Lipinski definition) is 0. The molecule has 0 aromatic carbocycles. The van der Waals surface area contributed by atoms with E-state index < -0.39 is 0 Å². The predicted molar refractivity (Wildman–Crippen MR) is 81.5 cm³/mol. The Balaban J connectivity index is -0.00000000857. The lowest BCUT2D eigenvalue weighted by molar-refractivity contribution is 0.338. The molecule has 0 rings (SSSR count). The Labute approximate surface area is 98.5 Å². The lowest BCUT2D eigenvalue weighted by Crippen LogP contribution is -2.05. The highest BCUT2D eigenvalue weighted by atomic mass is 14.1. The maximum absolute atomic E-state index is 2.30. The summed E-state index contributed by atoms with van der Waals surface area (Å²) < 4.78 is 0. The number of rotatable bonds is 2. The standard InChI is InChI=1S/C7H16.7CH4/c1-5-7(3,4)6-2;;;;;;;/h5-6H2,1-4H3;7*1H4. The second-order valence-electron chi connectivity index (χ2n) is 2.87. The third-order valence-electron chi connectivity index (χ3n) is 1.91. The van der Waals surface area contributed by atoms with Crippen molar-refractivity contribution in [2.24, 2.45) is 5.41 Å². The first kappa shape index (κ1) is 65.7. The molecule has 0 fully saturated rings. The lowest BCUT2D eigenvalue weighted by Gasteiger charge is -2.18. The fraction of sp³-hybridized carbons (Fsp3) is 1.00. The fourth-order valence-electron chi connectivity index (χ4n) is 0.250. The van der Waals surface area contributed by atoms with Gasteiger partial charge in [0.1, 0.15) is 0 Å². The van der Waals surface area contributed by atoms with E-state index in [0.29, 0.717) is 5.41 Å². The topological polar surface area (TPSA) is 0 Å². The summed E-state index contributed by atoms with van der Waals surface area (Å²) in [6.07, 6.45) is 2.59. The van der Waals surface area contributed by atoms with E-state index in [0.717, 1.165) is 0 Å². The van der Waals surface area contributed by atoms with Gasteiger partial charge < -0.3 is 0 Å². The van der Waals surface area contributed by atoms with Gasteiger partial charge in [0.25, 0.3) is 0 Å². The molecule has 0 saturated heterocycles. The molecule has 0 heterocycles. The molecule has 0 spiro atoms. The normalized spacial score (nSPS) is 6.00. The van der Waals surface area contributed by atoms with Crippen molar-refractivity contribution < 1.29 is 0 Å². The van der Waals surface area contributed by atoms with Crippen molar-refractivity contribution >= 4 is 0 Å². The van der Waals surface area contributed by atoms with Crippen molar-refractivity contribution in [3.05, 3.63) is 0 Å². The molecule has 0 bridgehead atoms. The minimum Gasteiger partial charge on any atom is -0.0776 e. The van der Waals surface area contributed by atoms with Gasteiger partial charge in [0.15, 0.2) is 0 Å². The summed E-state index contributed by atoms with van der Waals surface area (Å²) >= 11 is 0. The highest BCUT2D eigenvalue weighted by Gasteiger charge is 2.09. The van der Waals surface area contributed by atoms with E-state index in [1.807, 2.05) is 0 Å². The van der Waals surface area contributed by atoms with E-state index in [1.165, 1.54) is 12.8 Å². The second kappa shape index (κ2) is 29.2. The van der Waals surface area contributed by atoms with Crippen LogP contribution in [0.4, 0.5) is 0 Å². The molecule has 100 valence electrons. The Hall–Kier alpha value is 0. The maximum Gasteiger partial charge on any atom is -0.0359 e. The molecule has 0 heteroatoms. The molecule has 0 N–H and O–H groups in total. The molecule has 0 atom stereocenters. The number of hydrogen-bond acceptors (Lipinski definition) is 0. The van der Waals surface area contributed by atoms with Crippen LogP contribution < -0.4 is 0 Å². The SMILES string of the molecule is C.C.C.C.C.C.C.CCC(C)(C)CC. The molecule has 0 saturated carbocycles. The largest absolute Gasteiger partial charge is 0.0776 e.